The van der Waals surface area contributed by atoms with Crippen LogP contribution in [0.1, 0.15) is 18.1 Å². The third-order valence-electron chi connectivity index (χ3n) is 10.8. The van der Waals surface area contributed by atoms with Gasteiger partial charge in [0, 0.05) is 18.1 Å². The van der Waals surface area contributed by atoms with E-state index in [9.17, 15) is 50.4 Å². The Morgan fingerprint density at radius 3 is 1.89 bits per heavy atom. The number of phenolic OH excluding ortho intramolecular Hbond substituents is 2. The summed E-state index contributed by atoms with van der Waals surface area (Å²) in [6.07, 6.45) is -10.2. The molecule has 18 nitrogen and oxygen atoms in total. The molecule has 0 amide bonds. The lowest BCUT2D eigenvalue weighted by Gasteiger charge is -2.44. The molecule has 0 spiro atoms. The van der Waals surface area contributed by atoms with Gasteiger partial charge in [0.25, 0.3) is 0 Å². The summed E-state index contributed by atoms with van der Waals surface area (Å²) in [7, 11) is 0. The number of hydrogen-bond donors (Lipinski definition) is 8. The first-order valence-electron chi connectivity index (χ1n) is 18.2. The van der Waals surface area contributed by atoms with E-state index in [-0.39, 0.29) is 11.5 Å². The van der Waals surface area contributed by atoms with Crippen LogP contribution in [-0.4, -0.2) is 152 Å². The van der Waals surface area contributed by atoms with Crippen LogP contribution in [-0.2, 0) is 47.5 Å². The molecule has 7 rings (SSSR count). The highest BCUT2D eigenvalue weighted by atomic mass is 16.8. The van der Waals surface area contributed by atoms with Crippen molar-refractivity contribution in [3.8, 4) is 11.5 Å². The lowest BCUT2D eigenvalue weighted by molar-refractivity contribution is -0.347. The van der Waals surface area contributed by atoms with Gasteiger partial charge < -0.3 is 78.7 Å². The van der Waals surface area contributed by atoms with Gasteiger partial charge in [0.1, 0.15) is 53.7 Å². The summed E-state index contributed by atoms with van der Waals surface area (Å²) in [5.41, 5.74) is -0.216. The number of carbonyl (C=O) groups is 2. The van der Waals surface area contributed by atoms with E-state index < -0.39 is 122 Å². The first-order chi connectivity index (χ1) is 27.3. The normalized spacial score (nSPS) is 39.7. The highest BCUT2D eigenvalue weighted by Crippen LogP contribution is 2.61. The standard InChI is InChI=1S/C39H44O18/c1-18-28(46)33(53-25(44)12-6-19-2-8-21(42)9-3-19)34(54-26(45)13-7-20-4-10-22(43)11-5-20)38(51-18)55-32-23-14-15-50-36(27(23)39(17-41)35(32)57-39)56-37-31(49)30(48)29(47)24(16-40)52-37/h2-15,18,23-24,27-38,40-43,46-49H,16-17H2,1H3/b12-6+,13-7+/t18-,23+,24+,27+,28-,29+,30-,31+,32-,33+,34+,35-,36-,37-,38-,39+/m0/s1. The third kappa shape index (κ3) is 8.30. The molecule has 2 aromatic rings. The number of ether oxygens (including phenoxy) is 8. The topological polar surface area (TPSA) is 273 Å². The van der Waals surface area contributed by atoms with Gasteiger partial charge in [-0.2, -0.15) is 0 Å². The first kappa shape index (κ1) is 40.7. The maximum Gasteiger partial charge on any atom is 0.331 e. The maximum atomic E-state index is 13.3. The predicted octanol–water partition coefficient (Wildman–Crippen LogP) is -0.799. The fourth-order valence-electron chi connectivity index (χ4n) is 7.67. The molecule has 3 saturated heterocycles. The van der Waals surface area contributed by atoms with Crippen LogP contribution in [0.3, 0.4) is 0 Å². The Morgan fingerprint density at radius 2 is 1.32 bits per heavy atom. The van der Waals surface area contributed by atoms with Gasteiger partial charge in [-0.15, -0.1) is 0 Å². The Hall–Kier alpha value is -4.44. The quantitative estimate of drug-likeness (QED) is 0.0742. The fourth-order valence-corrected chi connectivity index (χ4v) is 7.67. The molecule has 16 atom stereocenters. The summed E-state index contributed by atoms with van der Waals surface area (Å²) >= 11 is 0. The number of aliphatic hydroxyl groups is 6. The van der Waals surface area contributed by atoms with E-state index in [1.165, 1.54) is 49.6 Å². The number of fused-ring (bicyclic) bond motifs is 3. The van der Waals surface area contributed by atoms with Crippen molar-refractivity contribution < 1.29 is 88.3 Å². The molecule has 1 saturated carbocycles. The van der Waals surface area contributed by atoms with Crippen molar-refractivity contribution in [2.24, 2.45) is 11.8 Å². The van der Waals surface area contributed by atoms with Gasteiger partial charge in [0.05, 0.1) is 37.6 Å². The summed E-state index contributed by atoms with van der Waals surface area (Å²) in [6.45, 7) is 0.264. The van der Waals surface area contributed by atoms with E-state index in [0.717, 1.165) is 12.2 Å². The maximum absolute atomic E-state index is 13.3. The molecule has 0 unspecified atom stereocenters. The molecule has 8 N–H and O–H groups in total. The van der Waals surface area contributed by atoms with E-state index in [2.05, 4.69) is 0 Å². The average Bonchev–Trinajstić information content (AvgIpc) is 3.88. The van der Waals surface area contributed by atoms with Crippen LogP contribution < -0.4 is 0 Å². The lowest BCUT2D eigenvalue weighted by atomic mass is 9.85. The summed E-state index contributed by atoms with van der Waals surface area (Å²) in [6, 6.07) is 11.9. The number of benzene rings is 2. The molecule has 0 aromatic heterocycles. The van der Waals surface area contributed by atoms with Gasteiger partial charge >= 0.3 is 11.9 Å². The van der Waals surface area contributed by atoms with E-state index in [0.29, 0.717) is 11.1 Å². The largest absolute Gasteiger partial charge is 0.508 e. The van der Waals surface area contributed by atoms with Gasteiger partial charge in [-0.25, -0.2) is 9.59 Å². The zero-order chi connectivity index (χ0) is 40.6. The predicted molar refractivity (Wildman–Crippen MR) is 190 cm³/mol. The monoisotopic (exact) mass is 800 g/mol. The second kappa shape index (κ2) is 16.8. The van der Waals surface area contributed by atoms with Gasteiger partial charge in [-0.1, -0.05) is 24.3 Å². The van der Waals surface area contributed by atoms with E-state index in [4.69, 9.17) is 37.9 Å². The number of rotatable bonds is 12. The van der Waals surface area contributed by atoms with Gasteiger partial charge in [-0.3, -0.25) is 0 Å². The SMILES string of the molecule is C[C@@H]1O[C@@H](O[C@H]2[C@@H]3C=CO[C@@H](O[C@@H]4O[C@H](CO)[C@@H](O)[C@H](O)[C@H]4O)[C@@H]3[C@@]3(CO)O[C@@H]23)[C@H](OC(=O)/C=C/c2ccc(O)cc2)[C@H](OC(=O)/C=C/c2ccc(O)cc2)[C@H]1O. The van der Waals surface area contributed by atoms with Crippen molar-refractivity contribution in [1.29, 1.82) is 0 Å². The van der Waals surface area contributed by atoms with E-state index in [1.54, 1.807) is 30.3 Å². The van der Waals surface area contributed by atoms with Crippen LogP contribution in [0.4, 0.5) is 0 Å². The summed E-state index contributed by atoms with van der Waals surface area (Å²) in [5, 5.41) is 82.0. The smallest absolute Gasteiger partial charge is 0.331 e. The fraction of sp³-hybridized carbons (Fsp3) is 0.487. The molecule has 4 heterocycles. The molecule has 18 heteroatoms. The molecule has 308 valence electrons. The second-order valence-electron chi connectivity index (χ2n) is 14.4. The highest BCUT2D eigenvalue weighted by Gasteiger charge is 2.77. The zero-order valence-corrected chi connectivity index (χ0v) is 30.3. The van der Waals surface area contributed by atoms with Crippen LogP contribution >= 0.6 is 0 Å². The minimum absolute atomic E-state index is 0.0199. The van der Waals surface area contributed by atoms with Crippen LogP contribution in [0, 0.1) is 11.8 Å². The third-order valence-corrected chi connectivity index (χ3v) is 10.8. The Labute approximate surface area is 325 Å². The van der Waals surface area contributed by atoms with Crippen LogP contribution in [0.15, 0.2) is 73.0 Å². The molecule has 57 heavy (non-hydrogen) atoms. The highest BCUT2D eigenvalue weighted by molar-refractivity contribution is 5.88. The Morgan fingerprint density at radius 1 is 0.719 bits per heavy atom. The zero-order valence-electron chi connectivity index (χ0n) is 30.3. The van der Waals surface area contributed by atoms with Crippen molar-refractivity contribution in [3.05, 3.63) is 84.1 Å². The second-order valence-corrected chi connectivity index (χ2v) is 14.4. The van der Waals surface area contributed by atoms with Gasteiger partial charge in [0.2, 0.25) is 6.29 Å². The average molecular weight is 801 g/mol. The van der Waals surface area contributed by atoms with Gasteiger partial charge in [-0.05, 0) is 60.5 Å². The molecule has 0 bridgehead atoms. The molecule has 5 aliphatic rings. The van der Waals surface area contributed by atoms with Crippen molar-refractivity contribution in [2.45, 2.75) is 92.4 Å². The number of carbonyl (C=O) groups excluding carboxylic acids is 2. The van der Waals surface area contributed by atoms with E-state index in [1.807, 2.05) is 0 Å². The van der Waals surface area contributed by atoms with Crippen molar-refractivity contribution in [1.82, 2.24) is 0 Å². The Bertz CT molecular complexity index is 1810. The minimum atomic E-state index is -1.75. The van der Waals surface area contributed by atoms with Crippen LogP contribution in [0.25, 0.3) is 12.2 Å². The summed E-state index contributed by atoms with van der Waals surface area (Å²) in [4.78, 5) is 26.5. The molecule has 1 aliphatic carbocycles. The molecule has 4 fully saturated rings. The first-order valence-corrected chi connectivity index (χ1v) is 18.2. The number of hydrogen-bond acceptors (Lipinski definition) is 18. The minimum Gasteiger partial charge on any atom is -0.508 e. The summed E-state index contributed by atoms with van der Waals surface area (Å²) in [5.74, 6) is -3.29. The van der Waals surface area contributed by atoms with Crippen LogP contribution in [0.5, 0.6) is 11.5 Å². The number of phenols is 2. The van der Waals surface area contributed by atoms with Crippen LogP contribution in [0.2, 0.25) is 0 Å². The van der Waals surface area contributed by atoms with Crippen molar-refractivity contribution >= 4 is 24.1 Å². The Kier molecular flexibility index (Phi) is 12.0. The number of aliphatic hydroxyl groups excluding tert-OH is 6. The van der Waals surface area contributed by atoms with Crippen molar-refractivity contribution in [3.63, 3.8) is 0 Å². The summed E-state index contributed by atoms with van der Waals surface area (Å²) < 4.78 is 47.3. The van der Waals surface area contributed by atoms with Gasteiger partial charge in [0.15, 0.2) is 24.8 Å². The number of epoxide rings is 1. The molecule has 0 radical (unpaired) electrons. The lowest BCUT2D eigenvalue weighted by Crippen LogP contribution is -2.61. The molecule has 4 aliphatic heterocycles. The number of aromatic hydroxyl groups is 2. The number of esters is 2. The van der Waals surface area contributed by atoms with E-state index >= 15 is 0 Å². The Balaban J connectivity index is 1.13. The van der Waals surface area contributed by atoms with Crippen molar-refractivity contribution in [2.75, 3.05) is 13.2 Å². The molecular formula is C39H44O18. The molecular weight excluding hydrogens is 756 g/mol. The molecule has 2 aromatic carbocycles.